The van der Waals surface area contributed by atoms with Gasteiger partial charge in [0.25, 0.3) is 0 Å². The van der Waals surface area contributed by atoms with Gasteiger partial charge in [-0.25, -0.2) is 0 Å². The van der Waals surface area contributed by atoms with Crippen LogP contribution in [-0.4, -0.2) is 35.5 Å². The predicted molar refractivity (Wildman–Crippen MR) is 69.4 cm³/mol. The molecule has 6 N–H and O–H groups in total. The van der Waals surface area contributed by atoms with Crippen LogP contribution in [0, 0.1) is 11.3 Å². The first-order valence-corrected chi connectivity index (χ1v) is 6.76. The number of aliphatic hydroxyl groups excluding tert-OH is 2. The molecule has 1 saturated carbocycles. The first-order valence-electron chi connectivity index (χ1n) is 6.76. The van der Waals surface area contributed by atoms with E-state index in [-0.39, 0.29) is 30.7 Å². The van der Waals surface area contributed by atoms with Gasteiger partial charge in [0.1, 0.15) is 0 Å². The molecular weight excluding hydrogens is 216 g/mol. The molecule has 0 aliphatic heterocycles. The fraction of sp³-hybridized carbons (Fsp3) is 1.00. The second-order valence-electron chi connectivity index (χ2n) is 5.84. The zero-order chi connectivity index (χ0) is 12.9. The fourth-order valence-corrected chi connectivity index (χ4v) is 3.01. The van der Waals surface area contributed by atoms with Crippen LogP contribution in [0.25, 0.3) is 0 Å². The smallest absolute Gasteiger partial charge is 0.0488 e. The van der Waals surface area contributed by atoms with Gasteiger partial charge in [-0.2, -0.15) is 0 Å². The van der Waals surface area contributed by atoms with Gasteiger partial charge in [-0.15, -0.1) is 0 Å². The van der Waals surface area contributed by atoms with E-state index < -0.39 is 0 Å². The van der Waals surface area contributed by atoms with Gasteiger partial charge in [-0.3, -0.25) is 0 Å². The molecule has 1 aliphatic rings. The summed E-state index contributed by atoms with van der Waals surface area (Å²) in [5.74, 6) is 0.301. The summed E-state index contributed by atoms with van der Waals surface area (Å²) in [4.78, 5) is 0. The van der Waals surface area contributed by atoms with E-state index in [2.05, 4.69) is 6.92 Å². The molecule has 4 heteroatoms. The summed E-state index contributed by atoms with van der Waals surface area (Å²) in [6.45, 7) is 2.54. The lowest BCUT2D eigenvalue weighted by Gasteiger charge is -2.45. The van der Waals surface area contributed by atoms with E-state index >= 15 is 0 Å². The highest BCUT2D eigenvalue weighted by molar-refractivity contribution is 4.94. The van der Waals surface area contributed by atoms with Crippen molar-refractivity contribution >= 4 is 0 Å². The van der Waals surface area contributed by atoms with Gasteiger partial charge >= 0.3 is 0 Å². The van der Waals surface area contributed by atoms with E-state index in [1.165, 1.54) is 0 Å². The lowest BCUT2D eigenvalue weighted by Crippen LogP contribution is -2.49. The molecule has 0 spiro atoms. The number of aliphatic hydroxyl groups is 2. The Morgan fingerprint density at radius 3 is 2.65 bits per heavy atom. The molecule has 0 radical (unpaired) electrons. The van der Waals surface area contributed by atoms with E-state index in [0.29, 0.717) is 5.92 Å². The molecule has 1 fully saturated rings. The largest absolute Gasteiger partial charge is 0.396 e. The molecule has 17 heavy (non-hydrogen) atoms. The summed E-state index contributed by atoms with van der Waals surface area (Å²) in [6.07, 6.45) is 5.53. The zero-order valence-corrected chi connectivity index (χ0v) is 10.9. The molecule has 102 valence electrons. The highest BCUT2D eigenvalue weighted by atomic mass is 16.3. The summed E-state index contributed by atoms with van der Waals surface area (Å²) in [7, 11) is 0. The van der Waals surface area contributed by atoms with Crippen molar-refractivity contribution in [2.45, 2.75) is 57.5 Å². The molecule has 4 atom stereocenters. The van der Waals surface area contributed by atoms with Crippen molar-refractivity contribution in [1.82, 2.24) is 0 Å². The van der Waals surface area contributed by atoms with Gasteiger partial charge in [0.15, 0.2) is 0 Å². The summed E-state index contributed by atoms with van der Waals surface area (Å²) < 4.78 is 0. The first kappa shape index (κ1) is 14.9. The molecule has 0 saturated heterocycles. The summed E-state index contributed by atoms with van der Waals surface area (Å²) >= 11 is 0. The normalized spacial score (nSPS) is 35.8. The number of nitrogens with two attached hydrogens (primary N) is 2. The van der Waals surface area contributed by atoms with Crippen molar-refractivity contribution in [3.63, 3.8) is 0 Å². The van der Waals surface area contributed by atoms with Crippen molar-refractivity contribution in [2.75, 3.05) is 13.2 Å². The van der Waals surface area contributed by atoms with E-state index in [9.17, 15) is 5.11 Å². The minimum atomic E-state index is -0.0749. The lowest BCUT2D eigenvalue weighted by molar-refractivity contribution is 0.0182. The van der Waals surface area contributed by atoms with Crippen LogP contribution in [0.15, 0.2) is 0 Å². The molecule has 0 aromatic heterocycles. The average Bonchev–Trinajstić information content (AvgIpc) is 2.32. The molecular formula is C13H28N2O2. The van der Waals surface area contributed by atoms with Crippen LogP contribution in [0.4, 0.5) is 0 Å². The van der Waals surface area contributed by atoms with Gasteiger partial charge in [-0.05, 0) is 49.9 Å². The van der Waals surface area contributed by atoms with E-state index in [0.717, 1.165) is 38.5 Å². The summed E-state index contributed by atoms with van der Waals surface area (Å²) in [5.41, 5.74) is 12.2. The highest BCUT2D eigenvalue weighted by Crippen LogP contribution is 2.42. The molecule has 0 aromatic carbocycles. The minimum Gasteiger partial charge on any atom is -0.396 e. The van der Waals surface area contributed by atoms with Gasteiger partial charge in [0.05, 0.1) is 0 Å². The molecule has 0 amide bonds. The third kappa shape index (κ3) is 3.91. The van der Waals surface area contributed by atoms with Gasteiger partial charge in [0.2, 0.25) is 0 Å². The van der Waals surface area contributed by atoms with Crippen molar-refractivity contribution < 1.29 is 10.2 Å². The fourth-order valence-electron chi connectivity index (χ4n) is 3.01. The third-order valence-corrected chi connectivity index (χ3v) is 4.36. The van der Waals surface area contributed by atoms with Crippen LogP contribution in [0.1, 0.15) is 45.4 Å². The number of unbranched alkanes of at least 4 members (excludes halogenated alkanes) is 1. The topological polar surface area (TPSA) is 92.5 Å². The van der Waals surface area contributed by atoms with Crippen LogP contribution in [0.5, 0.6) is 0 Å². The van der Waals surface area contributed by atoms with Gasteiger partial charge < -0.3 is 21.7 Å². The van der Waals surface area contributed by atoms with Crippen molar-refractivity contribution in [2.24, 2.45) is 22.8 Å². The quantitative estimate of drug-likeness (QED) is 0.515. The standard InChI is InChI=1S/C13H28N2O2/c1-13(9-17)6-5-10(14)8-11(13)12(15)4-2-3-7-16/h10-12,16-17H,2-9,14-15H2,1H3. The van der Waals surface area contributed by atoms with Crippen LogP contribution in [-0.2, 0) is 0 Å². The Morgan fingerprint density at radius 1 is 1.35 bits per heavy atom. The minimum absolute atomic E-state index is 0.0749. The summed E-state index contributed by atoms with van der Waals surface area (Å²) in [5, 5.41) is 18.4. The summed E-state index contributed by atoms with van der Waals surface area (Å²) in [6, 6.07) is 0.313. The molecule has 0 bridgehead atoms. The van der Waals surface area contributed by atoms with Crippen molar-refractivity contribution in [3.05, 3.63) is 0 Å². The van der Waals surface area contributed by atoms with Crippen LogP contribution < -0.4 is 11.5 Å². The second-order valence-corrected chi connectivity index (χ2v) is 5.84. The van der Waals surface area contributed by atoms with E-state index in [1.54, 1.807) is 0 Å². The third-order valence-electron chi connectivity index (χ3n) is 4.36. The Labute approximate surface area is 104 Å². The Kier molecular flexibility index (Phi) is 5.86. The van der Waals surface area contributed by atoms with Crippen molar-refractivity contribution in [3.8, 4) is 0 Å². The predicted octanol–water partition coefficient (Wildman–Crippen LogP) is 0.602. The highest BCUT2D eigenvalue weighted by Gasteiger charge is 2.41. The maximum absolute atomic E-state index is 9.59. The van der Waals surface area contributed by atoms with Crippen LogP contribution >= 0.6 is 0 Å². The molecule has 1 aliphatic carbocycles. The molecule has 4 nitrogen and oxygen atoms in total. The van der Waals surface area contributed by atoms with Crippen LogP contribution in [0.3, 0.4) is 0 Å². The Balaban J connectivity index is 2.56. The van der Waals surface area contributed by atoms with Gasteiger partial charge in [-0.1, -0.05) is 6.92 Å². The second kappa shape index (κ2) is 6.69. The lowest BCUT2D eigenvalue weighted by atomic mass is 9.63. The number of hydrogen-bond donors (Lipinski definition) is 4. The SMILES string of the molecule is CC1(CO)CCC(N)CC1C(N)CCCCO. The van der Waals surface area contributed by atoms with E-state index in [4.69, 9.17) is 16.6 Å². The maximum atomic E-state index is 9.59. The monoisotopic (exact) mass is 244 g/mol. The van der Waals surface area contributed by atoms with Crippen molar-refractivity contribution in [1.29, 1.82) is 0 Å². The molecule has 4 unspecified atom stereocenters. The van der Waals surface area contributed by atoms with Gasteiger partial charge in [0, 0.05) is 25.3 Å². The Morgan fingerprint density at radius 2 is 2.06 bits per heavy atom. The maximum Gasteiger partial charge on any atom is 0.0488 e. The van der Waals surface area contributed by atoms with E-state index in [1.807, 2.05) is 0 Å². The van der Waals surface area contributed by atoms with Crippen LogP contribution in [0.2, 0.25) is 0 Å². The molecule has 1 rings (SSSR count). The first-order chi connectivity index (χ1) is 8.03. The Bertz CT molecular complexity index is 225. The molecule has 0 heterocycles. The average molecular weight is 244 g/mol. The Hall–Kier alpha value is -0.160. The number of hydrogen-bond acceptors (Lipinski definition) is 4. The molecule has 0 aromatic rings. The zero-order valence-electron chi connectivity index (χ0n) is 10.9. The number of rotatable bonds is 6.